The predicted molar refractivity (Wildman–Crippen MR) is 82.0 cm³/mol. The molecule has 19 heavy (non-hydrogen) atoms. The fourth-order valence-corrected chi connectivity index (χ4v) is 2.39. The molecule has 1 saturated carbocycles. The lowest BCUT2D eigenvalue weighted by Crippen LogP contribution is -2.35. The molecule has 0 heterocycles. The maximum absolute atomic E-state index is 12.3. The van der Waals surface area contributed by atoms with Gasteiger partial charge in [0.2, 0.25) is 0 Å². The van der Waals surface area contributed by atoms with Crippen LogP contribution in [-0.4, -0.2) is 11.9 Å². The minimum Gasteiger partial charge on any atom is -0.349 e. The molecule has 0 aromatic heterocycles. The monoisotopic (exact) mass is 261 g/mol. The normalized spacial score (nSPS) is 18.2. The molecular formula is C17H27NO. The van der Waals surface area contributed by atoms with Gasteiger partial charge >= 0.3 is 0 Å². The first kappa shape index (κ1) is 15.7. The average Bonchev–Trinajstić information content (AvgIpc) is 2.62. The van der Waals surface area contributed by atoms with E-state index in [2.05, 4.69) is 5.32 Å². The van der Waals surface area contributed by atoms with E-state index >= 15 is 0 Å². The molecule has 0 saturated heterocycles. The minimum atomic E-state index is 0.0613. The molecule has 1 rings (SSSR count). The second-order valence-corrected chi connectivity index (χ2v) is 5.53. The molecule has 1 fully saturated rings. The third kappa shape index (κ3) is 6.42. The number of carbonyl (C=O) groups excluding carboxylic acids is 1. The van der Waals surface area contributed by atoms with Crippen molar-refractivity contribution < 1.29 is 4.79 Å². The number of allylic oxidation sites excluding steroid dienone is 4. The van der Waals surface area contributed by atoms with Gasteiger partial charge in [0.25, 0.3) is 5.91 Å². The van der Waals surface area contributed by atoms with Crippen LogP contribution in [0, 0.1) is 0 Å². The average molecular weight is 261 g/mol. The molecular weight excluding hydrogens is 234 g/mol. The topological polar surface area (TPSA) is 29.1 Å². The van der Waals surface area contributed by atoms with Gasteiger partial charge in [-0.25, -0.2) is 0 Å². The van der Waals surface area contributed by atoms with Crippen molar-refractivity contribution in [1.29, 1.82) is 0 Å². The summed E-state index contributed by atoms with van der Waals surface area (Å²) in [6.45, 7) is 5.99. The molecule has 2 heteroatoms. The maximum atomic E-state index is 12.3. The number of amides is 1. The van der Waals surface area contributed by atoms with Gasteiger partial charge in [-0.05, 0) is 39.7 Å². The van der Waals surface area contributed by atoms with Crippen LogP contribution in [0.4, 0.5) is 0 Å². The molecule has 1 aliphatic rings. The quantitative estimate of drug-likeness (QED) is 0.456. The molecule has 0 spiro atoms. The minimum absolute atomic E-state index is 0.0613. The van der Waals surface area contributed by atoms with E-state index in [9.17, 15) is 4.79 Å². The van der Waals surface area contributed by atoms with E-state index in [0.717, 1.165) is 24.0 Å². The molecule has 0 aromatic carbocycles. The Hall–Kier alpha value is -1.31. The zero-order valence-corrected chi connectivity index (χ0v) is 12.5. The first-order valence-corrected chi connectivity index (χ1v) is 7.42. The third-order valence-corrected chi connectivity index (χ3v) is 3.36. The lowest BCUT2D eigenvalue weighted by molar-refractivity contribution is -0.117. The first-order valence-electron chi connectivity index (χ1n) is 7.42. The van der Waals surface area contributed by atoms with Crippen molar-refractivity contribution in [2.24, 2.45) is 0 Å². The SMILES string of the molecule is CC=CC=C(C=C(C)C)C(=O)NC1CCCCCC1. The molecule has 2 nitrogen and oxygen atoms in total. The lowest BCUT2D eigenvalue weighted by atomic mass is 10.1. The Labute approximate surface area is 117 Å². The van der Waals surface area contributed by atoms with Crippen molar-refractivity contribution in [2.45, 2.75) is 65.3 Å². The summed E-state index contributed by atoms with van der Waals surface area (Å²) in [5.74, 6) is 0.0613. The summed E-state index contributed by atoms with van der Waals surface area (Å²) in [6, 6.07) is 0.356. The summed E-state index contributed by atoms with van der Waals surface area (Å²) in [5, 5.41) is 3.19. The Bertz CT molecular complexity index is 365. The van der Waals surface area contributed by atoms with Crippen LogP contribution in [0.1, 0.15) is 59.3 Å². The molecule has 0 aromatic rings. The van der Waals surface area contributed by atoms with Gasteiger partial charge in [-0.2, -0.15) is 0 Å². The highest BCUT2D eigenvalue weighted by atomic mass is 16.1. The highest BCUT2D eigenvalue weighted by Gasteiger charge is 2.15. The number of rotatable bonds is 4. The van der Waals surface area contributed by atoms with E-state index in [1.807, 2.05) is 45.1 Å². The van der Waals surface area contributed by atoms with Crippen molar-refractivity contribution in [1.82, 2.24) is 5.32 Å². The van der Waals surface area contributed by atoms with Crippen LogP contribution < -0.4 is 5.32 Å². The summed E-state index contributed by atoms with van der Waals surface area (Å²) in [6.07, 6.45) is 15.0. The summed E-state index contributed by atoms with van der Waals surface area (Å²) < 4.78 is 0. The maximum Gasteiger partial charge on any atom is 0.251 e. The zero-order valence-electron chi connectivity index (χ0n) is 12.5. The van der Waals surface area contributed by atoms with E-state index in [1.54, 1.807) is 0 Å². The second-order valence-electron chi connectivity index (χ2n) is 5.53. The van der Waals surface area contributed by atoms with Gasteiger partial charge in [0, 0.05) is 11.6 Å². The van der Waals surface area contributed by atoms with Gasteiger partial charge in [0.15, 0.2) is 0 Å². The van der Waals surface area contributed by atoms with Crippen LogP contribution in [-0.2, 0) is 4.79 Å². The zero-order chi connectivity index (χ0) is 14.1. The molecule has 1 aliphatic carbocycles. The summed E-state index contributed by atoms with van der Waals surface area (Å²) in [4.78, 5) is 12.3. The summed E-state index contributed by atoms with van der Waals surface area (Å²) in [7, 11) is 0. The highest BCUT2D eigenvalue weighted by Crippen LogP contribution is 2.17. The molecule has 0 unspecified atom stereocenters. The molecule has 1 amide bonds. The number of hydrogen-bond acceptors (Lipinski definition) is 1. The fraction of sp³-hybridized carbons (Fsp3) is 0.588. The third-order valence-electron chi connectivity index (χ3n) is 3.36. The van der Waals surface area contributed by atoms with Crippen molar-refractivity contribution >= 4 is 5.91 Å². The molecule has 1 N–H and O–H groups in total. The van der Waals surface area contributed by atoms with Crippen molar-refractivity contribution in [3.8, 4) is 0 Å². The van der Waals surface area contributed by atoms with Gasteiger partial charge in [-0.3, -0.25) is 4.79 Å². The van der Waals surface area contributed by atoms with Gasteiger partial charge < -0.3 is 5.32 Å². The summed E-state index contributed by atoms with van der Waals surface area (Å²) in [5.41, 5.74) is 1.90. The fourth-order valence-electron chi connectivity index (χ4n) is 2.39. The van der Waals surface area contributed by atoms with Crippen molar-refractivity contribution in [3.63, 3.8) is 0 Å². The molecule has 0 radical (unpaired) electrons. The molecule has 0 aliphatic heterocycles. The summed E-state index contributed by atoms with van der Waals surface area (Å²) >= 11 is 0. The van der Waals surface area contributed by atoms with Gasteiger partial charge in [0.1, 0.15) is 0 Å². The first-order chi connectivity index (χ1) is 9.13. The number of carbonyl (C=O) groups is 1. The van der Waals surface area contributed by atoms with Crippen molar-refractivity contribution in [3.05, 3.63) is 35.5 Å². The van der Waals surface area contributed by atoms with Crippen molar-refractivity contribution in [2.75, 3.05) is 0 Å². The molecule has 106 valence electrons. The Morgan fingerprint density at radius 3 is 2.26 bits per heavy atom. The largest absolute Gasteiger partial charge is 0.349 e. The van der Waals surface area contributed by atoms with Crippen LogP contribution in [0.15, 0.2) is 35.5 Å². The number of nitrogens with one attached hydrogen (secondary N) is 1. The van der Waals surface area contributed by atoms with Crippen LogP contribution in [0.3, 0.4) is 0 Å². The van der Waals surface area contributed by atoms with E-state index < -0.39 is 0 Å². The Morgan fingerprint density at radius 1 is 1.11 bits per heavy atom. The molecule has 0 bridgehead atoms. The van der Waals surface area contributed by atoms with Gasteiger partial charge in [-0.1, -0.05) is 49.5 Å². The van der Waals surface area contributed by atoms with Crippen LogP contribution in [0.2, 0.25) is 0 Å². The number of hydrogen-bond donors (Lipinski definition) is 1. The van der Waals surface area contributed by atoms with E-state index in [0.29, 0.717) is 6.04 Å². The molecule has 0 atom stereocenters. The van der Waals surface area contributed by atoms with Crippen LogP contribution in [0.25, 0.3) is 0 Å². The second kappa shape index (κ2) is 8.73. The van der Waals surface area contributed by atoms with Gasteiger partial charge in [-0.15, -0.1) is 0 Å². The standard InChI is InChI=1S/C17H27NO/c1-4-5-10-15(13-14(2)3)17(19)18-16-11-8-6-7-9-12-16/h4-5,10,13,16H,6-9,11-12H2,1-3H3,(H,18,19). The Morgan fingerprint density at radius 2 is 1.74 bits per heavy atom. The van der Waals surface area contributed by atoms with Crippen LogP contribution >= 0.6 is 0 Å². The van der Waals surface area contributed by atoms with E-state index in [1.165, 1.54) is 25.7 Å². The van der Waals surface area contributed by atoms with Gasteiger partial charge in [0.05, 0.1) is 0 Å². The Balaban J connectivity index is 2.68. The lowest BCUT2D eigenvalue weighted by Gasteiger charge is -2.16. The Kier molecular flexibility index (Phi) is 7.24. The smallest absolute Gasteiger partial charge is 0.251 e. The highest BCUT2D eigenvalue weighted by molar-refractivity contribution is 5.96. The van der Waals surface area contributed by atoms with E-state index in [4.69, 9.17) is 0 Å². The van der Waals surface area contributed by atoms with E-state index in [-0.39, 0.29) is 5.91 Å². The van der Waals surface area contributed by atoms with Crippen LogP contribution in [0.5, 0.6) is 0 Å². The predicted octanol–water partition coefficient (Wildman–Crippen LogP) is 4.29.